The number of benzene rings is 6. The second-order valence-corrected chi connectivity index (χ2v) is 13.1. The molecule has 0 bridgehead atoms. The Bertz CT molecular complexity index is 1170. The first-order valence-electron chi connectivity index (χ1n) is 12.8. The summed E-state index contributed by atoms with van der Waals surface area (Å²) in [6, 6.07) is 64.7. The van der Waals surface area contributed by atoms with Crippen LogP contribution in [0.3, 0.4) is 0 Å². The fourth-order valence-electron chi connectivity index (χ4n) is 4.36. The summed E-state index contributed by atoms with van der Waals surface area (Å²) in [5.74, 6) is 0. The number of hydrogen-bond acceptors (Lipinski definition) is 0. The Kier molecular flexibility index (Phi) is 11.7. The molecular weight excluding hydrogens is 517 g/mol. The summed E-state index contributed by atoms with van der Waals surface area (Å²) in [6.07, 6.45) is 0. The minimum absolute atomic E-state index is 0. The molecule has 0 unspecified atom stereocenters. The van der Waals surface area contributed by atoms with Gasteiger partial charge >= 0.3 is 0 Å². The first kappa shape index (κ1) is 29.2. The van der Waals surface area contributed by atoms with Crippen LogP contribution >= 0.6 is 15.8 Å². The van der Waals surface area contributed by atoms with Gasteiger partial charge in [0.1, 0.15) is 0 Å². The summed E-state index contributed by atoms with van der Waals surface area (Å²) in [7, 11) is -0.892. The summed E-state index contributed by atoms with van der Waals surface area (Å²) >= 11 is 0. The van der Waals surface area contributed by atoms with Crippen LogP contribution < -0.4 is 31.8 Å². The summed E-state index contributed by atoms with van der Waals surface area (Å²) in [6.45, 7) is 0. The summed E-state index contributed by atoms with van der Waals surface area (Å²) in [5, 5.41) is 8.39. The molecule has 0 aliphatic rings. The van der Waals surface area contributed by atoms with E-state index in [4.69, 9.17) is 0 Å². The molecule has 6 rings (SSSR count). The molecule has 0 amide bonds. The van der Waals surface area contributed by atoms with Gasteiger partial charge < -0.3 is 0 Å². The minimum atomic E-state index is -0.446. The Hall–Kier alpha value is -2.82. The van der Waals surface area contributed by atoms with Gasteiger partial charge in [-0.15, -0.1) is 0 Å². The van der Waals surface area contributed by atoms with E-state index in [9.17, 15) is 0 Å². The van der Waals surface area contributed by atoms with Crippen LogP contribution in [-0.2, 0) is 0 Å². The number of hydrogen-bond donors (Lipinski definition) is 0. The summed E-state index contributed by atoms with van der Waals surface area (Å²) in [5.41, 5.74) is 0. The Balaban J connectivity index is 0.000000176. The SMILES string of the molecule is [Na].c1ccc(P(c2ccccc2)c2ccccc2)cc1.c1ccc(P(c2ccccc2)c2ccccc2)cc1. The van der Waals surface area contributed by atoms with Crippen molar-refractivity contribution in [2.75, 3.05) is 0 Å². The molecule has 6 aromatic carbocycles. The van der Waals surface area contributed by atoms with Gasteiger partial charge in [-0.05, 0) is 47.7 Å². The van der Waals surface area contributed by atoms with Crippen molar-refractivity contribution < 1.29 is 0 Å². The summed E-state index contributed by atoms with van der Waals surface area (Å²) < 4.78 is 0. The molecule has 6 aromatic rings. The van der Waals surface area contributed by atoms with Gasteiger partial charge in [0.2, 0.25) is 0 Å². The molecule has 0 saturated heterocycles. The molecule has 185 valence electrons. The second kappa shape index (κ2) is 15.7. The van der Waals surface area contributed by atoms with Gasteiger partial charge in [-0.1, -0.05) is 182 Å². The predicted molar refractivity (Wildman–Crippen MR) is 176 cm³/mol. The van der Waals surface area contributed by atoms with Gasteiger partial charge in [-0.25, -0.2) is 0 Å². The van der Waals surface area contributed by atoms with Gasteiger partial charge in [0.25, 0.3) is 0 Å². The van der Waals surface area contributed by atoms with E-state index in [1.807, 2.05) is 0 Å². The Morgan fingerprint density at radius 3 is 0.462 bits per heavy atom. The zero-order chi connectivity index (χ0) is 25.8. The second-order valence-electron chi connectivity index (χ2n) is 8.68. The van der Waals surface area contributed by atoms with E-state index in [1.54, 1.807) is 0 Å². The molecule has 1 radical (unpaired) electrons. The van der Waals surface area contributed by atoms with Crippen LogP contribution in [-0.4, -0.2) is 29.6 Å². The molecule has 0 saturated carbocycles. The van der Waals surface area contributed by atoms with Gasteiger partial charge in [0, 0.05) is 29.6 Å². The smallest absolute Gasteiger partial charge is 0 e. The molecule has 0 heterocycles. The van der Waals surface area contributed by atoms with Crippen molar-refractivity contribution in [2.45, 2.75) is 0 Å². The average Bonchev–Trinajstić information content (AvgIpc) is 3.01. The van der Waals surface area contributed by atoms with Crippen LogP contribution in [0.2, 0.25) is 0 Å². The fraction of sp³-hybridized carbons (Fsp3) is 0. The predicted octanol–water partition coefficient (Wildman–Crippen LogP) is 6.51. The zero-order valence-electron chi connectivity index (χ0n) is 22.2. The van der Waals surface area contributed by atoms with Crippen LogP contribution in [0.5, 0.6) is 0 Å². The Morgan fingerprint density at radius 1 is 0.205 bits per heavy atom. The summed E-state index contributed by atoms with van der Waals surface area (Å²) in [4.78, 5) is 0. The molecule has 3 heteroatoms. The molecular formula is C36H30NaP2. The largest absolute Gasteiger partial charge is 0.0622 e. The topological polar surface area (TPSA) is 0 Å². The molecule has 0 spiro atoms. The normalized spacial score (nSPS) is 10.3. The molecule has 0 aliphatic heterocycles. The number of rotatable bonds is 6. The molecule has 0 atom stereocenters. The molecule has 0 fully saturated rings. The van der Waals surface area contributed by atoms with E-state index in [0.29, 0.717) is 0 Å². The third-order valence-corrected chi connectivity index (χ3v) is 11.0. The van der Waals surface area contributed by atoms with Crippen molar-refractivity contribution >= 4 is 77.2 Å². The quantitative estimate of drug-likeness (QED) is 0.165. The minimum Gasteiger partial charge on any atom is -0.0622 e. The maximum Gasteiger partial charge on any atom is 0 e. The van der Waals surface area contributed by atoms with Crippen molar-refractivity contribution in [3.05, 3.63) is 182 Å². The van der Waals surface area contributed by atoms with E-state index in [1.165, 1.54) is 31.8 Å². The van der Waals surface area contributed by atoms with E-state index >= 15 is 0 Å². The Labute approximate surface area is 257 Å². The molecule has 0 N–H and O–H groups in total. The Morgan fingerprint density at radius 2 is 0.333 bits per heavy atom. The van der Waals surface area contributed by atoms with E-state index in [-0.39, 0.29) is 29.6 Å². The zero-order valence-corrected chi connectivity index (χ0v) is 26.0. The van der Waals surface area contributed by atoms with Gasteiger partial charge in [0.05, 0.1) is 0 Å². The standard InChI is InChI=1S/2C18H15P.Na/c2*1-4-10-16(11-5-1)19(17-12-6-2-7-13-17)18-14-8-3-9-15-18;/h2*1-15H;. The van der Waals surface area contributed by atoms with Crippen molar-refractivity contribution in [1.29, 1.82) is 0 Å². The van der Waals surface area contributed by atoms with E-state index < -0.39 is 15.8 Å². The van der Waals surface area contributed by atoms with E-state index in [2.05, 4.69) is 182 Å². The third-order valence-electron chi connectivity index (χ3n) is 6.09. The van der Waals surface area contributed by atoms with Gasteiger partial charge in [-0.2, -0.15) is 0 Å². The van der Waals surface area contributed by atoms with Crippen LogP contribution in [0.15, 0.2) is 182 Å². The van der Waals surface area contributed by atoms with Gasteiger partial charge in [-0.3, -0.25) is 0 Å². The molecule has 0 aliphatic carbocycles. The monoisotopic (exact) mass is 547 g/mol. The first-order chi connectivity index (χ1) is 18.9. The van der Waals surface area contributed by atoms with E-state index in [0.717, 1.165) is 0 Å². The van der Waals surface area contributed by atoms with Crippen LogP contribution in [0.25, 0.3) is 0 Å². The van der Waals surface area contributed by atoms with Crippen LogP contribution in [0.4, 0.5) is 0 Å². The fourth-order valence-corrected chi connectivity index (χ4v) is 8.97. The van der Waals surface area contributed by atoms with Crippen molar-refractivity contribution in [3.8, 4) is 0 Å². The van der Waals surface area contributed by atoms with Crippen molar-refractivity contribution in [2.24, 2.45) is 0 Å². The van der Waals surface area contributed by atoms with Crippen LogP contribution in [0.1, 0.15) is 0 Å². The van der Waals surface area contributed by atoms with Crippen molar-refractivity contribution in [3.63, 3.8) is 0 Å². The maximum absolute atomic E-state index is 2.23. The third kappa shape index (κ3) is 8.09. The van der Waals surface area contributed by atoms with Gasteiger partial charge in [0.15, 0.2) is 0 Å². The van der Waals surface area contributed by atoms with Crippen molar-refractivity contribution in [1.82, 2.24) is 0 Å². The molecule has 0 aromatic heterocycles. The maximum atomic E-state index is 2.23. The van der Waals surface area contributed by atoms with Crippen LogP contribution in [0, 0.1) is 0 Å². The first-order valence-corrected chi connectivity index (χ1v) is 15.5. The molecule has 39 heavy (non-hydrogen) atoms. The average molecular weight is 548 g/mol. The molecule has 0 nitrogen and oxygen atoms in total.